The van der Waals surface area contributed by atoms with Crippen molar-refractivity contribution in [1.29, 1.82) is 0 Å². The van der Waals surface area contributed by atoms with Crippen LogP contribution in [0.3, 0.4) is 0 Å². The normalized spacial score (nSPS) is 11.9. The standard InChI is InChI=1S/C17H21NO2/c1-3-12-19-16-10-6-7-11-17(16)20-15-9-5-4-8-14(15)13(2)18/h4-11,13H,3,12,18H2,1-2H3/t13-/m1/s1. The minimum absolute atomic E-state index is 0.0741. The summed E-state index contributed by atoms with van der Waals surface area (Å²) < 4.78 is 11.7. The molecule has 3 nitrogen and oxygen atoms in total. The smallest absolute Gasteiger partial charge is 0.169 e. The average Bonchev–Trinajstić information content (AvgIpc) is 2.47. The summed E-state index contributed by atoms with van der Waals surface area (Å²) >= 11 is 0. The molecule has 0 aliphatic carbocycles. The van der Waals surface area contributed by atoms with Crippen LogP contribution in [-0.4, -0.2) is 6.61 Å². The van der Waals surface area contributed by atoms with Crippen molar-refractivity contribution >= 4 is 0 Å². The van der Waals surface area contributed by atoms with E-state index in [1.807, 2.05) is 55.5 Å². The third-order valence-corrected chi connectivity index (χ3v) is 2.94. The van der Waals surface area contributed by atoms with E-state index in [4.69, 9.17) is 15.2 Å². The second-order valence-electron chi connectivity index (χ2n) is 4.72. The maximum Gasteiger partial charge on any atom is 0.169 e. The van der Waals surface area contributed by atoms with Crippen LogP contribution >= 0.6 is 0 Å². The highest BCUT2D eigenvalue weighted by Gasteiger charge is 2.10. The van der Waals surface area contributed by atoms with Crippen molar-refractivity contribution in [3.05, 3.63) is 54.1 Å². The fourth-order valence-corrected chi connectivity index (χ4v) is 1.93. The molecule has 0 amide bonds. The Morgan fingerprint density at radius 1 is 0.950 bits per heavy atom. The quantitative estimate of drug-likeness (QED) is 0.852. The van der Waals surface area contributed by atoms with Crippen LogP contribution in [-0.2, 0) is 0 Å². The van der Waals surface area contributed by atoms with Crippen molar-refractivity contribution in [1.82, 2.24) is 0 Å². The first-order valence-corrected chi connectivity index (χ1v) is 6.96. The summed E-state index contributed by atoms with van der Waals surface area (Å²) in [7, 11) is 0. The van der Waals surface area contributed by atoms with Crippen molar-refractivity contribution in [2.24, 2.45) is 5.73 Å². The lowest BCUT2D eigenvalue weighted by atomic mass is 10.1. The fourth-order valence-electron chi connectivity index (χ4n) is 1.93. The largest absolute Gasteiger partial charge is 0.490 e. The number of ether oxygens (including phenoxy) is 2. The molecule has 0 aromatic heterocycles. The van der Waals surface area contributed by atoms with Crippen molar-refractivity contribution in [2.45, 2.75) is 26.3 Å². The summed E-state index contributed by atoms with van der Waals surface area (Å²) in [5.41, 5.74) is 6.96. The van der Waals surface area contributed by atoms with Gasteiger partial charge < -0.3 is 15.2 Å². The first kappa shape index (κ1) is 14.4. The van der Waals surface area contributed by atoms with Gasteiger partial charge in [0, 0.05) is 11.6 Å². The highest BCUT2D eigenvalue weighted by Crippen LogP contribution is 2.34. The number of nitrogens with two attached hydrogens (primary N) is 1. The molecule has 2 N–H and O–H groups in total. The second-order valence-corrected chi connectivity index (χ2v) is 4.72. The Labute approximate surface area is 120 Å². The summed E-state index contributed by atoms with van der Waals surface area (Å²) in [6, 6.07) is 15.4. The Morgan fingerprint density at radius 3 is 2.20 bits per heavy atom. The van der Waals surface area contributed by atoms with Crippen LogP contribution in [0.4, 0.5) is 0 Å². The molecule has 0 fully saturated rings. The minimum Gasteiger partial charge on any atom is -0.490 e. The molecule has 0 unspecified atom stereocenters. The van der Waals surface area contributed by atoms with E-state index in [2.05, 4.69) is 6.92 Å². The predicted molar refractivity (Wildman–Crippen MR) is 81.3 cm³/mol. The molecule has 0 heterocycles. The Kier molecular flexibility index (Phi) is 5.02. The van der Waals surface area contributed by atoms with Gasteiger partial charge in [0.25, 0.3) is 0 Å². The molecule has 0 saturated carbocycles. The van der Waals surface area contributed by atoms with E-state index in [9.17, 15) is 0 Å². The van der Waals surface area contributed by atoms with E-state index < -0.39 is 0 Å². The molecule has 1 atom stereocenters. The van der Waals surface area contributed by atoms with E-state index in [0.717, 1.165) is 23.5 Å². The van der Waals surface area contributed by atoms with Crippen LogP contribution in [0.25, 0.3) is 0 Å². The first-order valence-electron chi connectivity index (χ1n) is 6.96. The van der Waals surface area contributed by atoms with Crippen molar-refractivity contribution in [3.63, 3.8) is 0 Å². The lowest BCUT2D eigenvalue weighted by molar-refractivity contribution is 0.301. The predicted octanol–water partition coefficient (Wildman–Crippen LogP) is 4.29. The molecule has 0 saturated heterocycles. The molecule has 0 bridgehead atoms. The Morgan fingerprint density at radius 2 is 1.55 bits per heavy atom. The first-order chi connectivity index (χ1) is 9.72. The van der Waals surface area contributed by atoms with E-state index in [1.54, 1.807) is 0 Å². The number of hydrogen-bond donors (Lipinski definition) is 1. The molecular formula is C17H21NO2. The number of para-hydroxylation sites is 3. The van der Waals surface area contributed by atoms with Crippen LogP contribution in [0.2, 0.25) is 0 Å². The van der Waals surface area contributed by atoms with Gasteiger partial charge in [-0.05, 0) is 31.5 Å². The topological polar surface area (TPSA) is 44.5 Å². The average molecular weight is 271 g/mol. The molecule has 0 aliphatic rings. The number of rotatable bonds is 6. The van der Waals surface area contributed by atoms with Gasteiger partial charge in [0.15, 0.2) is 11.5 Å². The molecule has 0 spiro atoms. The molecule has 20 heavy (non-hydrogen) atoms. The molecule has 0 radical (unpaired) electrons. The SMILES string of the molecule is CCCOc1ccccc1Oc1ccccc1[C@@H](C)N. The maximum atomic E-state index is 5.99. The van der Waals surface area contributed by atoms with Gasteiger partial charge in [0.1, 0.15) is 5.75 Å². The van der Waals surface area contributed by atoms with Crippen LogP contribution in [0.15, 0.2) is 48.5 Å². The Balaban J connectivity index is 2.26. The molecule has 0 aliphatic heterocycles. The van der Waals surface area contributed by atoms with Crippen molar-refractivity contribution in [2.75, 3.05) is 6.61 Å². The van der Waals surface area contributed by atoms with Gasteiger partial charge in [0.2, 0.25) is 0 Å². The summed E-state index contributed by atoms with van der Waals surface area (Å²) in [4.78, 5) is 0. The molecular weight excluding hydrogens is 250 g/mol. The second kappa shape index (κ2) is 6.96. The zero-order valence-electron chi connectivity index (χ0n) is 12.0. The summed E-state index contributed by atoms with van der Waals surface area (Å²) in [6.07, 6.45) is 0.963. The van der Waals surface area contributed by atoms with Gasteiger partial charge in [-0.2, -0.15) is 0 Å². The molecule has 2 rings (SSSR count). The monoisotopic (exact) mass is 271 g/mol. The highest BCUT2D eigenvalue weighted by molar-refractivity contribution is 5.45. The summed E-state index contributed by atoms with van der Waals surface area (Å²) in [5.74, 6) is 2.25. The van der Waals surface area contributed by atoms with E-state index in [1.165, 1.54) is 0 Å². The molecule has 3 heteroatoms. The number of benzene rings is 2. The Bertz CT molecular complexity index is 552. The van der Waals surface area contributed by atoms with Gasteiger partial charge >= 0.3 is 0 Å². The molecule has 2 aromatic rings. The van der Waals surface area contributed by atoms with Crippen LogP contribution in [0.5, 0.6) is 17.2 Å². The lowest BCUT2D eigenvalue weighted by Crippen LogP contribution is -2.06. The minimum atomic E-state index is -0.0741. The van der Waals surface area contributed by atoms with Gasteiger partial charge in [-0.25, -0.2) is 0 Å². The number of hydrogen-bond acceptors (Lipinski definition) is 3. The Hall–Kier alpha value is -2.00. The van der Waals surface area contributed by atoms with Gasteiger partial charge in [0.05, 0.1) is 6.61 Å². The fraction of sp³-hybridized carbons (Fsp3) is 0.294. The van der Waals surface area contributed by atoms with E-state index >= 15 is 0 Å². The van der Waals surface area contributed by atoms with Crippen molar-refractivity contribution < 1.29 is 9.47 Å². The zero-order chi connectivity index (χ0) is 14.4. The maximum absolute atomic E-state index is 5.99. The summed E-state index contributed by atoms with van der Waals surface area (Å²) in [6.45, 7) is 4.70. The lowest BCUT2D eigenvalue weighted by Gasteiger charge is -2.16. The van der Waals surface area contributed by atoms with Crippen LogP contribution < -0.4 is 15.2 Å². The zero-order valence-corrected chi connectivity index (χ0v) is 12.0. The van der Waals surface area contributed by atoms with E-state index in [0.29, 0.717) is 12.4 Å². The molecule has 106 valence electrons. The summed E-state index contributed by atoms with van der Waals surface area (Å²) in [5, 5.41) is 0. The van der Waals surface area contributed by atoms with Gasteiger partial charge in [-0.1, -0.05) is 37.3 Å². The van der Waals surface area contributed by atoms with Gasteiger partial charge in [-0.15, -0.1) is 0 Å². The van der Waals surface area contributed by atoms with Crippen LogP contribution in [0, 0.1) is 0 Å². The molecule has 2 aromatic carbocycles. The third kappa shape index (κ3) is 3.52. The van der Waals surface area contributed by atoms with E-state index in [-0.39, 0.29) is 6.04 Å². The van der Waals surface area contributed by atoms with Crippen LogP contribution in [0.1, 0.15) is 31.9 Å². The third-order valence-electron chi connectivity index (χ3n) is 2.94. The van der Waals surface area contributed by atoms with Gasteiger partial charge in [-0.3, -0.25) is 0 Å². The van der Waals surface area contributed by atoms with Crippen molar-refractivity contribution in [3.8, 4) is 17.2 Å². The highest BCUT2D eigenvalue weighted by atomic mass is 16.5.